The standard InChI is InChI=1S/C11H16OTe/c1-2-6-10(12)9-13-11-7-4-3-5-8-11/h3-5,7-8,10,12H,2,6,9H2,1H3/t10-/m0/s1. The van der Waals surface area contributed by atoms with Gasteiger partial charge in [0.1, 0.15) is 0 Å². The Hall–Kier alpha value is -0.0304. The van der Waals surface area contributed by atoms with Gasteiger partial charge in [-0.1, -0.05) is 0 Å². The molecule has 1 aromatic rings. The summed E-state index contributed by atoms with van der Waals surface area (Å²) in [5, 5.41) is 9.54. The van der Waals surface area contributed by atoms with Gasteiger partial charge in [-0.25, -0.2) is 0 Å². The van der Waals surface area contributed by atoms with E-state index in [0.29, 0.717) is 0 Å². The van der Waals surface area contributed by atoms with Crippen LogP contribution >= 0.6 is 0 Å². The number of rotatable bonds is 5. The fraction of sp³-hybridized carbons (Fsp3) is 0.455. The van der Waals surface area contributed by atoms with E-state index in [-0.39, 0.29) is 27.0 Å². The van der Waals surface area contributed by atoms with E-state index >= 15 is 0 Å². The van der Waals surface area contributed by atoms with Gasteiger partial charge in [-0.3, -0.25) is 0 Å². The Labute approximate surface area is 90.3 Å². The first kappa shape index (κ1) is 11.0. The van der Waals surface area contributed by atoms with Crippen molar-refractivity contribution in [3.05, 3.63) is 30.3 Å². The molecule has 0 amide bonds. The van der Waals surface area contributed by atoms with Crippen molar-refractivity contribution < 1.29 is 5.11 Å². The van der Waals surface area contributed by atoms with Crippen molar-refractivity contribution >= 4 is 24.5 Å². The van der Waals surface area contributed by atoms with E-state index in [4.69, 9.17) is 0 Å². The predicted octanol–water partition coefficient (Wildman–Crippen LogP) is 1.60. The fourth-order valence-electron chi connectivity index (χ4n) is 1.13. The second-order valence-corrected chi connectivity index (χ2v) is 6.19. The fourth-order valence-corrected chi connectivity index (χ4v) is 3.70. The van der Waals surface area contributed by atoms with Crippen molar-refractivity contribution in [2.45, 2.75) is 30.3 Å². The van der Waals surface area contributed by atoms with Crippen LogP contribution in [0.3, 0.4) is 0 Å². The van der Waals surface area contributed by atoms with E-state index in [1.165, 1.54) is 3.61 Å². The van der Waals surface area contributed by atoms with Crippen LogP contribution in [0.1, 0.15) is 19.8 Å². The molecule has 0 spiro atoms. The van der Waals surface area contributed by atoms with Crippen molar-refractivity contribution in [1.29, 1.82) is 0 Å². The molecule has 0 heterocycles. The molecule has 0 radical (unpaired) electrons. The molecule has 0 aliphatic heterocycles. The van der Waals surface area contributed by atoms with Crippen molar-refractivity contribution in [3.63, 3.8) is 0 Å². The molecule has 0 bridgehead atoms. The summed E-state index contributed by atoms with van der Waals surface area (Å²) in [5.74, 6) is 0. The number of aliphatic hydroxyl groups is 1. The van der Waals surface area contributed by atoms with Gasteiger partial charge in [0, 0.05) is 0 Å². The summed E-state index contributed by atoms with van der Waals surface area (Å²) in [7, 11) is 0. The number of benzene rings is 1. The van der Waals surface area contributed by atoms with Crippen LogP contribution in [-0.4, -0.2) is 32.1 Å². The minimum absolute atomic E-state index is 0.0624. The minimum atomic E-state index is -0.151. The first-order chi connectivity index (χ1) is 6.33. The van der Waals surface area contributed by atoms with Gasteiger partial charge in [-0.15, -0.1) is 0 Å². The van der Waals surface area contributed by atoms with Crippen LogP contribution in [0.4, 0.5) is 0 Å². The maximum absolute atomic E-state index is 9.54. The van der Waals surface area contributed by atoms with Gasteiger partial charge in [-0.2, -0.15) is 0 Å². The molecule has 1 N–H and O–H groups in total. The van der Waals surface area contributed by atoms with Crippen LogP contribution in [-0.2, 0) is 0 Å². The van der Waals surface area contributed by atoms with Crippen LogP contribution < -0.4 is 3.61 Å². The number of hydrogen-bond acceptors (Lipinski definition) is 1. The third-order valence-electron chi connectivity index (χ3n) is 1.81. The Morgan fingerprint density at radius 1 is 1.31 bits per heavy atom. The van der Waals surface area contributed by atoms with Crippen LogP contribution in [0.25, 0.3) is 0 Å². The van der Waals surface area contributed by atoms with E-state index in [1.54, 1.807) is 0 Å². The van der Waals surface area contributed by atoms with Crippen molar-refractivity contribution in [2.24, 2.45) is 0 Å². The molecule has 0 aliphatic rings. The average Bonchev–Trinajstić information content (AvgIpc) is 2.17. The second-order valence-electron chi connectivity index (χ2n) is 3.07. The van der Waals surface area contributed by atoms with Crippen LogP contribution in [0, 0.1) is 0 Å². The maximum atomic E-state index is 9.54. The van der Waals surface area contributed by atoms with Crippen molar-refractivity contribution in [3.8, 4) is 0 Å². The molecule has 0 aliphatic carbocycles. The average molecular weight is 292 g/mol. The van der Waals surface area contributed by atoms with Gasteiger partial charge < -0.3 is 0 Å². The molecule has 1 nitrogen and oxygen atoms in total. The third kappa shape index (κ3) is 4.66. The number of hydrogen-bond donors (Lipinski definition) is 1. The third-order valence-corrected chi connectivity index (χ3v) is 5.11. The van der Waals surface area contributed by atoms with E-state index in [1.807, 2.05) is 6.07 Å². The zero-order valence-electron chi connectivity index (χ0n) is 7.94. The van der Waals surface area contributed by atoms with Gasteiger partial charge in [0.05, 0.1) is 0 Å². The predicted molar refractivity (Wildman–Crippen MR) is 57.6 cm³/mol. The van der Waals surface area contributed by atoms with Crippen molar-refractivity contribution in [2.75, 3.05) is 0 Å². The topological polar surface area (TPSA) is 20.2 Å². The summed E-state index contributed by atoms with van der Waals surface area (Å²) in [4.78, 5) is 0. The van der Waals surface area contributed by atoms with Crippen LogP contribution in [0.5, 0.6) is 0 Å². The molecular formula is C11H16OTe. The van der Waals surface area contributed by atoms with Gasteiger partial charge >= 0.3 is 90.3 Å². The molecule has 1 aromatic carbocycles. The number of aliphatic hydroxyl groups excluding tert-OH is 1. The molecule has 1 rings (SSSR count). The summed E-state index contributed by atoms with van der Waals surface area (Å²) in [6.45, 7) is 2.12. The quantitative estimate of drug-likeness (QED) is 0.817. The SMILES string of the molecule is CCC[C@H](O)C[Te]c1ccccc1. The molecule has 0 fully saturated rings. The summed E-state index contributed by atoms with van der Waals surface area (Å²) in [6, 6.07) is 10.5. The molecule has 1 atom stereocenters. The second kappa shape index (κ2) is 6.43. The van der Waals surface area contributed by atoms with Gasteiger partial charge in [0.25, 0.3) is 0 Å². The Morgan fingerprint density at radius 3 is 2.62 bits per heavy atom. The first-order valence-corrected chi connectivity index (χ1v) is 7.50. The molecule has 2 heteroatoms. The summed E-state index contributed by atoms with van der Waals surface area (Å²) in [5.41, 5.74) is 0. The Morgan fingerprint density at radius 2 is 2.00 bits per heavy atom. The Kier molecular flexibility index (Phi) is 5.46. The molecule has 72 valence electrons. The molecule has 0 saturated carbocycles. The van der Waals surface area contributed by atoms with Gasteiger partial charge in [0.2, 0.25) is 0 Å². The summed E-state index contributed by atoms with van der Waals surface area (Å²) >= 11 is -0.151. The monoisotopic (exact) mass is 294 g/mol. The normalized spacial score (nSPS) is 12.8. The van der Waals surface area contributed by atoms with E-state index < -0.39 is 0 Å². The first-order valence-electron chi connectivity index (χ1n) is 4.69. The van der Waals surface area contributed by atoms with Gasteiger partial charge in [-0.05, 0) is 0 Å². The van der Waals surface area contributed by atoms with Crippen LogP contribution in [0.15, 0.2) is 30.3 Å². The Bertz CT molecular complexity index is 223. The molecule has 0 unspecified atom stereocenters. The van der Waals surface area contributed by atoms with Crippen LogP contribution in [0.2, 0.25) is 4.47 Å². The summed E-state index contributed by atoms with van der Waals surface area (Å²) in [6.07, 6.45) is 1.98. The molecule has 13 heavy (non-hydrogen) atoms. The zero-order chi connectivity index (χ0) is 9.52. The van der Waals surface area contributed by atoms with E-state index in [0.717, 1.165) is 17.3 Å². The Balaban J connectivity index is 2.27. The van der Waals surface area contributed by atoms with Gasteiger partial charge in [0.15, 0.2) is 0 Å². The summed E-state index contributed by atoms with van der Waals surface area (Å²) < 4.78 is 2.46. The van der Waals surface area contributed by atoms with E-state index in [9.17, 15) is 5.11 Å². The molecular weight excluding hydrogens is 276 g/mol. The zero-order valence-corrected chi connectivity index (χ0v) is 10.3. The van der Waals surface area contributed by atoms with Crippen molar-refractivity contribution in [1.82, 2.24) is 0 Å². The van der Waals surface area contributed by atoms with E-state index in [2.05, 4.69) is 31.2 Å². The molecule has 0 aromatic heterocycles. The molecule has 0 saturated heterocycles.